The highest BCUT2D eigenvalue weighted by Crippen LogP contribution is 2.17. The van der Waals surface area contributed by atoms with Crippen molar-refractivity contribution in [1.82, 2.24) is 4.90 Å². The van der Waals surface area contributed by atoms with Gasteiger partial charge in [0.2, 0.25) is 5.91 Å². The van der Waals surface area contributed by atoms with Crippen LogP contribution in [0.5, 0.6) is 0 Å². The van der Waals surface area contributed by atoms with Gasteiger partial charge >= 0.3 is 0 Å². The molecule has 1 atom stereocenters. The van der Waals surface area contributed by atoms with Crippen LogP contribution in [0.2, 0.25) is 0 Å². The molecule has 1 amide bonds. The number of benzene rings is 1. The molecule has 0 aliphatic heterocycles. The van der Waals surface area contributed by atoms with Crippen LogP contribution in [0.3, 0.4) is 0 Å². The van der Waals surface area contributed by atoms with Crippen molar-refractivity contribution >= 4 is 23.1 Å². The Kier molecular flexibility index (Phi) is 6.37. The SMILES string of the molecule is CC(=Nc1ccc(NC(=O)C(N)CC(C)C)cc1)N(C)C. The van der Waals surface area contributed by atoms with Crippen LogP contribution >= 0.6 is 0 Å². The molecule has 3 N–H and O–H groups in total. The van der Waals surface area contributed by atoms with E-state index >= 15 is 0 Å². The van der Waals surface area contributed by atoms with Crippen molar-refractivity contribution in [2.45, 2.75) is 33.2 Å². The number of carbonyl (C=O) groups excluding carboxylic acids is 1. The monoisotopic (exact) mass is 290 g/mol. The van der Waals surface area contributed by atoms with Crippen molar-refractivity contribution < 1.29 is 4.79 Å². The molecule has 0 aliphatic rings. The van der Waals surface area contributed by atoms with E-state index < -0.39 is 6.04 Å². The number of hydrogen-bond donors (Lipinski definition) is 2. The highest BCUT2D eigenvalue weighted by atomic mass is 16.2. The first-order valence-corrected chi connectivity index (χ1v) is 7.18. The molecular weight excluding hydrogens is 264 g/mol. The fourth-order valence-corrected chi connectivity index (χ4v) is 1.76. The molecule has 0 heterocycles. The first-order valence-electron chi connectivity index (χ1n) is 7.18. The van der Waals surface area contributed by atoms with Gasteiger partial charge in [-0.15, -0.1) is 0 Å². The van der Waals surface area contributed by atoms with Gasteiger partial charge in [0.25, 0.3) is 0 Å². The Morgan fingerprint density at radius 3 is 2.33 bits per heavy atom. The summed E-state index contributed by atoms with van der Waals surface area (Å²) in [5.74, 6) is 1.17. The molecule has 5 heteroatoms. The molecule has 1 unspecified atom stereocenters. The Bertz CT molecular complexity index is 492. The van der Waals surface area contributed by atoms with E-state index in [1.165, 1.54) is 0 Å². The first kappa shape index (κ1) is 17.2. The van der Waals surface area contributed by atoms with Crippen LogP contribution in [-0.2, 0) is 4.79 Å². The lowest BCUT2D eigenvalue weighted by Gasteiger charge is -2.14. The van der Waals surface area contributed by atoms with Gasteiger partial charge in [-0.2, -0.15) is 0 Å². The molecule has 0 bridgehead atoms. The number of rotatable bonds is 5. The predicted octanol–water partition coefficient (Wildman–Crippen LogP) is 2.61. The third-order valence-electron chi connectivity index (χ3n) is 3.14. The molecular formula is C16H26N4O. The number of nitrogens with zero attached hydrogens (tertiary/aromatic N) is 2. The summed E-state index contributed by atoms with van der Waals surface area (Å²) >= 11 is 0. The third kappa shape index (κ3) is 5.95. The summed E-state index contributed by atoms with van der Waals surface area (Å²) in [6.45, 7) is 6.04. The third-order valence-corrected chi connectivity index (χ3v) is 3.14. The van der Waals surface area contributed by atoms with Crippen molar-refractivity contribution in [1.29, 1.82) is 0 Å². The van der Waals surface area contributed by atoms with Crippen LogP contribution in [0.25, 0.3) is 0 Å². The second-order valence-corrected chi connectivity index (χ2v) is 5.83. The van der Waals surface area contributed by atoms with Crippen LogP contribution < -0.4 is 11.1 Å². The van der Waals surface area contributed by atoms with E-state index in [0.29, 0.717) is 12.3 Å². The average Bonchev–Trinajstić information content (AvgIpc) is 2.39. The standard InChI is InChI=1S/C16H26N4O/c1-11(2)10-15(17)16(21)19-14-8-6-13(7-9-14)18-12(3)20(4)5/h6-9,11,15H,10,17H2,1-5H3,(H,19,21). The topological polar surface area (TPSA) is 70.7 Å². The number of nitrogens with one attached hydrogen (secondary N) is 1. The van der Waals surface area contributed by atoms with Crippen LogP contribution in [0.15, 0.2) is 29.3 Å². The van der Waals surface area contributed by atoms with E-state index in [1.54, 1.807) is 0 Å². The molecule has 1 rings (SSSR count). The van der Waals surface area contributed by atoms with Gasteiger partial charge in [-0.3, -0.25) is 4.79 Å². The van der Waals surface area contributed by atoms with E-state index in [2.05, 4.69) is 10.3 Å². The summed E-state index contributed by atoms with van der Waals surface area (Å²) < 4.78 is 0. The molecule has 0 aromatic heterocycles. The van der Waals surface area contributed by atoms with Gasteiger partial charge in [0.15, 0.2) is 0 Å². The van der Waals surface area contributed by atoms with Gasteiger partial charge in [-0.05, 0) is 43.5 Å². The van der Waals surface area contributed by atoms with Crippen molar-refractivity contribution in [2.75, 3.05) is 19.4 Å². The average molecular weight is 290 g/mol. The van der Waals surface area contributed by atoms with E-state index in [1.807, 2.05) is 64.0 Å². The van der Waals surface area contributed by atoms with Crippen molar-refractivity contribution in [2.24, 2.45) is 16.6 Å². The maximum atomic E-state index is 11.9. The van der Waals surface area contributed by atoms with Gasteiger partial charge < -0.3 is 16.0 Å². The lowest BCUT2D eigenvalue weighted by molar-refractivity contribution is -0.117. The van der Waals surface area contributed by atoms with Crippen molar-refractivity contribution in [3.05, 3.63) is 24.3 Å². The highest BCUT2D eigenvalue weighted by molar-refractivity contribution is 5.94. The number of amides is 1. The highest BCUT2D eigenvalue weighted by Gasteiger charge is 2.14. The molecule has 0 radical (unpaired) electrons. The Morgan fingerprint density at radius 2 is 1.86 bits per heavy atom. The van der Waals surface area contributed by atoms with Gasteiger partial charge in [-0.1, -0.05) is 13.8 Å². The fraction of sp³-hybridized carbons (Fsp3) is 0.500. The Hall–Kier alpha value is -1.88. The van der Waals surface area contributed by atoms with Gasteiger partial charge in [-0.25, -0.2) is 4.99 Å². The lowest BCUT2D eigenvalue weighted by Crippen LogP contribution is -2.36. The van der Waals surface area contributed by atoms with Gasteiger partial charge in [0.1, 0.15) is 5.84 Å². The van der Waals surface area contributed by atoms with Crippen LogP contribution in [0, 0.1) is 5.92 Å². The molecule has 0 spiro atoms. The zero-order valence-electron chi connectivity index (χ0n) is 13.6. The maximum absolute atomic E-state index is 11.9. The Morgan fingerprint density at radius 1 is 1.29 bits per heavy atom. The van der Waals surface area contributed by atoms with Crippen LogP contribution in [0.4, 0.5) is 11.4 Å². The Labute approximate surface area is 127 Å². The second-order valence-electron chi connectivity index (χ2n) is 5.83. The summed E-state index contributed by atoms with van der Waals surface area (Å²) in [5, 5.41) is 2.83. The largest absolute Gasteiger partial charge is 0.366 e. The summed E-state index contributed by atoms with van der Waals surface area (Å²) in [4.78, 5) is 18.3. The van der Waals surface area contributed by atoms with E-state index in [-0.39, 0.29) is 5.91 Å². The van der Waals surface area contributed by atoms with E-state index in [9.17, 15) is 4.79 Å². The minimum Gasteiger partial charge on any atom is -0.366 e. The van der Waals surface area contributed by atoms with Gasteiger partial charge in [0, 0.05) is 19.8 Å². The normalized spacial score (nSPS) is 13.2. The number of nitrogens with two attached hydrogens (primary N) is 1. The molecule has 1 aromatic rings. The molecule has 21 heavy (non-hydrogen) atoms. The quantitative estimate of drug-likeness (QED) is 0.647. The Balaban J connectivity index is 2.67. The summed E-state index contributed by atoms with van der Waals surface area (Å²) in [6.07, 6.45) is 0.677. The van der Waals surface area contributed by atoms with Crippen molar-refractivity contribution in [3.63, 3.8) is 0 Å². The molecule has 1 aromatic carbocycles. The summed E-state index contributed by atoms with van der Waals surface area (Å²) in [6, 6.07) is 6.94. The molecule has 0 saturated carbocycles. The zero-order chi connectivity index (χ0) is 16.0. The van der Waals surface area contributed by atoms with E-state index in [0.717, 1.165) is 17.2 Å². The fourth-order valence-electron chi connectivity index (χ4n) is 1.76. The summed E-state index contributed by atoms with van der Waals surface area (Å²) in [7, 11) is 3.90. The van der Waals surface area contributed by atoms with Crippen LogP contribution in [-0.4, -0.2) is 36.8 Å². The van der Waals surface area contributed by atoms with Crippen LogP contribution in [0.1, 0.15) is 27.2 Å². The molecule has 0 saturated heterocycles. The number of aliphatic imine (C=N–C) groups is 1. The number of amidine groups is 1. The first-order chi connectivity index (χ1) is 9.79. The minimum atomic E-state index is -0.473. The number of anilines is 1. The maximum Gasteiger partial charge on any atom is 0.241 e. The number of carbonyl (C=O) groups is 1. The second kappa shape index (κ2) is 7.78. The van der Waals surface area contributed by atoms with Crippen molar-refractivity contribution in [3.8, 4) is 0 Å². The molecule has 5 nitrogen and oxygen atoms in total. The molecule has 0 aliphatic carbocycles. The predicted molar refractivity (Wildman–Crippen MR) is 89.0 cm³/mol. The minimum absolute atomic E-state index is 0.149. The number of hydrogen-bond acceptors (Lipinski definition) is 3. The summed E-state index contributed by atoms with van der Waals surface area (Å²) in [5.41, 5.74) is 7.44. The zero-order valence-corrected chi connectivity index (χ0v) is 13.6. The van der Waals surface area contributed by atoms with Gasteiger partial charge in [0.05, 0.1) is 11.7 Å². The molecule has 0 fully saturated rings. The lowest BCUT2D eigenvalue weighted by atomic mass is 10.0. The van der Waals surface area contributed by atoms with E-state index in [4.69, 9.17) is 5.73 Å². The molecule has 116 valence electrons. The smallest absolute Gasteiger partial charge is 0.241 e.